The Morgan fingerprint density at radius 3 is 3.00 bits per heavy atom. The molecule has 2 rings (SSSR count). The molecule has 0 radical (unpaired) electrons. The molecule has 15 heavy (non-hydrogen) atoms. The molecule has 5 nitrogen and oxygen atoms in total. The Bertz CT molecular complexity index is 344. The third-order valence-corrected chi connectivity index (χ3v) is 2.67. The normalized spacial score (nSPS) is 15.5. The van der Waals surface area contributed by atoms with Gasteiger partial charge in [-0.05, 0) is 25.2 Å². The molecule has 0 bridgehead atoms. The highest BCUT2D eigenvalue weighted by Crippen LogP contribution is 2.32. The lowest BCUT2D eigenvalue weighted by atomic mass is 10.2. The number of hydrogen-bond donors (Lipinski definition) is 0. The highest BCUT2D eigenvalue weighted by Gasteiger charge is 2.25. The second kappa shape index (κ2) is 4.53. The van der Waals surface area contributed by atoms with Crippen LogP contribution in [0.25, 0.3) is 0 Å². The number of carbonyl (C=O) groups excluding carboxylic acids is 1. The lowest BCUT2D eigenvalue weighted by molar-refractivity contribution is 0.111. The molecule has 0 N–H and O–H groups in total. The molecular weight excluding hydrogens is 194 g/mol. The fourth-order valence-electron chi connectivity index (χ4n) is 1.60. The highest BCUT2D eigenvalue weighted by molar-refractivity contribution is 5.73. The molecule has 0 atom stereocenters. The average molecular weight is 209 g/mol. The van der Waals surface area contributed by atoms with Crippen LogP contribution in [-0.4, -0.2) is 35.0 Å². The van der Waals surface area contributed by atoms with Gasteiger partial charge < -0.3 is 4.74 Å². The smallest absolute Gasteiger partial charge is 0.172 e. The van der Waals surface area contributed by atoms with Crippen LogP contribution in [0.4, 0.5) is 0 Å². The second-order valence-electron chi connectivity index (χ2n) is 3.90. The molecule has 1 aromatic heterocycles. The monoisotopic (exact) mass is 209 g/mol. The van der Waals surface area contributed by atoms with Crippen molar-refractivity contribution in [2.45, 2.75) is 25.8 Å². The minimum Gasteiger partial charge on any atom is -0.383 e. The summed E-state index contributed by atoms with van der Waals surface area (Å²) in [5.74, 6) is 0.725. The summed E-state index contributed by atoms with van der Waals surface area (Å²) < 4.78 is 6.77. The van der Waals surface area contributed by atoms with E-state index in [1.165, 1.54) is 12.8 Å². The molecule has 1 aliphatic rings. The van der Waals surface area contributed by atoms with E-state index in [1.807, 2.05) is 0 Å². The van der Waals surface area contributed by atoms with E-state index in [9.17, 15) is 4.79 Å². The zero-order chi connectivity index (χ0) is 10.7. The van der Waals surface area contributed by atoms with Crippen molar-refractivity contribution in [3.63, 3.8) is 0 Å². The molecule has 0 aliphatic heterocycles. The van der Waals surface area contributed by atoms with Crippen LogP contribution in [0.3, 0.4) is 0 Å². The maximum Gasteiger partial charge on any atom is 0.172 e. The maximum atomic E-state index is 10.8. The summed E-state index contributed by atoms with van der Waals surface area (Å²) in [6.07, 6.45) is 4.22. The van der Waals surface area contributed by atoms with Gasteiger partial charge in [0.2, 0.25) is 0 Å². The molecule has 1 aliphatic carbocycles. The standard InChI is InChI=1S/C10H15N3O2/c1-15-5-4-13-10(6-8-2-3-8)9(7-14)11-12-13/h7-8H,2-6H2,1H3. The molecule has 1 heterocycles. The van der Waals surface area contributed by atoms with E-state index in [4.69, 9.17) is 4.74 Å². The molecule has 0 unspecified atom stereocenters. The molecule has 0 aromatic carbocycles. The number of aldehydes is 1. The van der Waals surface area contributed by atoms with Gasteiger partial charge in [-0.1, -0.05) is 5.21 Å². The first kappa shape index (κ1) is 10.3. The highest BCUT2D eigenvalue weighted by atomic mass is 16.5. The van der Waals surface area contributed by atoms with Crippen LogP contribution in [-0.2, 0) is 17.7 Å². The van der Waals surface area contributed by atoms with E-state index >= 15 is 0 Å². The van der Waals surface area contributed by atoms with Crippen molar-refractivity contribution < 1.29 is 9.53 Å². The van der Waals surface area contributed by atoms with E-state index in [0.717, 1.165) is 24.3 Å². The van der Waals surface area contributed by atoms with Gasteiger partial charge in [-0.3, -0.25) is 4.79 Å². The molecule has 82 valence electrons. The summed E-state index contributed by atoms with van der Waals surface area (Å²) in [5.41, 5.74) is 1.45. The molecule has 1 aromatic rings. The molecule has 1 fully saturated rings. The fourth-order valence-corrected chi connectivity index (χ4v) is 1.60. The van der Waals surface area contributed by atoms with Gasteiger partial charge in [0.05, 0.1) is 18.8 Å². The van der Waals surface area contributed by atoms with Crippen LogP contribution in [0.15, 0.2) is 0 Å². The van der Waals surface area contributed by atoms with Crippen molar-refractivity contribution >= 4 is 6.29 Å². The Hall–Kier alpha value is -1.23. The summed E-state index contributed by atoms with van der Waals surface area (Å²) >= 11 is 0. The van der Waals surface area contributed by atoms with Crippen molar-refractivity contribution in [1.29, 1.82) is 0 Å². The van der Waals surface area contributed by atoms with Crippen molar-refractivity contribution in [3.05, 3.63) is 11.4 Å². The van der Waals surface area contributed by atoms with Gasteiger partial charge in [-0.15, -0.1) is 5.10 Å². The quantitative estimate of drug-likeness (QED) is 0.647. The minimum atomic E-state index is 0.484. The number of hydrogen-bond acceptors (Lipinski definition) is 4. The number of rotatable bonds is 6. The Kier molecular flexibility index (Phi) is 3.11. The summed E-state index contributed by atoms with van der Waals surface area (Å²) in [6.45, 7) is 1.26. The van der Waals surface area contributed by atoms with Gasteiger partial charge in [0, 0.05) is 7.11 Å². The fraction of sp³-hybridized carbons (Fsp3) is 0.700. The van der Waals surface area contributed by atoms with Crippen molar-refractivity contribution in [3.8, 4) is 0 Å². The summed E-state index contributed by atoms with van der Waals surface area (Å²) in [7, 11) is 1.65. The van der Waals surface area contributed by atoms with Crippen LogP contribution in [0.5, 0.6) is 0 Å². The van der Waals surface area contributed by atoms with Crippen molar-refractivity contribution in [2.24, 2.45) is 5.92 Å². The van der Waals surface area contributed by atoms with Gasteiger partial charge in [-0.25, -0.2) is 4.68 Å². The van der Waals surface area contributed by atoms with E-state index < -0.39 is 0 Å². The van der Waals surface area contributed by atoms with Gasteiger partial charge in [0.15, 0.2) is 6.29 Å². The summed E-state index contributed by atoms with van der Waals surface area (Å²) in [5, 5.41) is 7.82. The van der Waals surface area contributed by atoms with Crippen LogP contribution in [0, 0.1) is 5.92 Å². The Morgan fingerprint density at radius 2 is 2.40 bits per heavy atom. The molecule has 0 amide bonds. The number of carbonyl (C=O) groups is 1. The SMILES string of the molecule is COCCn1nnc(C=O)c1CC1CC1. The lowest BCUT2D eigenvalue weighted by Crippen LogP contribution is -2.11. The van der Waals surface area contributed by atoms with Gasteiger partial charge in [0.25, 0.3) is 0 Å². The van der Waals surface area contributed by atoms with Crippen molar-refractivity contribution in [2.75, 3.05) is 13.7 Å². The third-order valence-electron chi connectivity index (χ3n) is 2.67. The number of ether oxygens (including phenoxy) is 1. The molecule has 1 saturated carbocycles. The predicted molar refractivity (Wildman–Crippen MR) is 53.7 cm³/mol. The lowest BCUT2D eigenvalue weighted by Gasteiger charge is -2.04. The van der Waals surface area contributed by atoms with Gasteiger partial charge in [0.1, 0.15) is 5.69 Å². The minimum absolute atomic E-state index is 0.484. The number of aromatic nitrogens is 3. The predicted octanol–water partition coefficient (Wildman–Crippen LogP) is 0.689. The van der Waals surface area contributed by atoms with Gasteiger partial charge in [-0.2, -0.15) is 0 Å². The first-order valence-corrected chi connectivity index (χ1v) is 5.21. The zero-order valence-electron chi connectivity index (χ0n) is 8.85. The zero-order valence-corrected chi connectivity index (χ0v) is 8.85. The van der Waals surface area contributed by atoms with E-state index in [0.29, 0.717) is 18.8 Å². The third kappa shape index (κ3) is 2.41. The van der Waals surface area contributed by atoms with Crippen LogP contribution >= 0.6 is 0 Å². The van der Waals surface area contributed by atoms with E-state index in [1.54, 1.807) is 11.8 Å². The Morgan fingerprint density at radius 1 is 1.60 bits per heavy atom. The Balaban J connectivity index is 2.11. The number of methoxy groups -OCH3 is 1. The number of nitrogens with zero attached hydrogens (tertiary/aromatic N) is 3. The maximum absolute atomic E-state index is 10.8. The first-order valence-electron chi connectivity index (χ1n) is 5.21. The largest absolute Gasteiger partial charge is 0.383 e. The first-order chi connectivity index (χ1) is 7.35. The van der Waals surface area contributed by atoms with E-state index in [2.05, 4.69) is 10.3 Å². The molecular formula is C10H15N3O2. The van der Waals surface area contributed by atoms with Crippen LogP contribution in [0.1, 0.15) is 29.0 Å². The Labute approximate surface area is 88.4 Å². The molecule has 5 heteroatoms. The van der Waals surface area contributed by atoms with Crippen molar-refractivity contribution in [1.82, 2.24) is 15.0 Å². The topological polar surface area (TPSA) is 57.0 Å². The average Bonchev–Trinajstić information content (AvgIpc) is 2.97. The molecule has 0 spiro atoms. The van der Waals surface area contributed by atoms with Crippen LogP contribution in [0.2, 0.25) is 0 Å². The van der Waals surface area contributed by atoms with E-state index in [-0.39, 0.29) is 0 Å². The van der Waals surface area contributed by atoms with Gasteiger partial charge >= 0.3 is 0 Å². The summed E-state index contributed by atoms with van der Waals surface area (Å²) in [6, 6.07) is 0. The summed E-state index contributed by atoms with van der Waals surface area (Å²) in [4.78, 5) is 10.8. The second-order valence-corrected chi connectivity index (χ2v) is 3.90. The molecule has 0 saturated heterocycles. The van der Waals surface area contributed by atoms with Crippen LogP contribution < -0.4 is 0 Å².